The molecule has 1 aliphatic rings. The summed E-state index contributed by atoms with van der Waals surface area (Å²) < 4.78 is 2.25. The van der Waals surface area contributed by atoms with Crippen molar-refractivity contribution in [3.8, 4) is 0 Å². The lowest BCUT2D eigenvalue weighted by atomic mass is 10.1. The predicted molar refractivity (Wildman–Crippen MR) is 86.2 cm³/mol. The average molecular weight is 309 g/mol. The minimum atomic E-state index is 0.0360. The highest BCUT2D eigenvalue weighted by molar-refractivity contribution is 7.71. The monoisotopic (exact) mass is 309 g/mol. The number of aromatic amines is 1. The van der Waals surface area contributed by atoms with Crippen LogP contribution in [0.3, 0.4) is 0 Å². The smallest absolute Gasteiger partial charge is 0.263 e. The van der Waals surface area contributed by atoms with E-state index in [1.807, 2.05) is 11.4 Å². The van der Waals surface area contributed by atoms with Crippen molar-refractivity contribution in [3.05, 3.63) is 26.6 Å². The molecule has 1 aliphatic heterocycles. The van der Waals surface area contributed by atoms with E-state index in [0.29, 0.717) is 17.4 Å². The predicted octanol–water partition coefficient (Wildman–Crippen LogP) is 2.99. The fourth-order valence-electron chi connectivity index (χ4n) is 2.88. The molecule has 0 spiro atoms. The zero-order chi connectivity index (χ0) is 14.1. The Morgan fingerprint density at radius 3 is 2.90 bits per heavy atom. The van der Waals surface area contributed by atoms with Gasteiger partial charge in [-0.2, -0.15) is 0 Å². The number of likely N-dealkylation sites (tertiary alicyclic amines) is 1. The van der Waals surface area contributed by atoms with Crippen molar-refractivity contribution in [2.24, 2.45) is 0 Å². The molecule has 3 rings (SSSR count). The molecule has 1 saturated heterocycles. The van der Waals surface area contributed by atoms with Crippen LogP contribution in [0.1, 0.15) is 26.2 Å². The quantitative estimate of drug-likeness (QED) is 0.886. The van der Waals surface area contributed by atoms with Crippen LogP contribution < -0.4 is 5.56 Å². The van der Waals surface area contributed by atoms with E-state index in [2.05, 4.69) is 16.8 Å². The largest absolute Gasteiger partial charge is 0.323 e. The van der Waals surface area contributed by atoms with E-state index < -0.39 is 0 Å². The van der Waals surface area contributed by atoms with Gasteiger partial charge in [-0.05, 0) is 56.5 Å². The van der Waals surface area contributed by atoms with Crippen LogP contribution in [0, 0.1) is 4.77 Å². The number of thiophene rings is 1. The van der Waals surface area contributed by atoms with Crippen molar-refractivity contribution < 1.29 is 0 Å². The van der Waals surface area contributed by atoms with Crippen LogP contribution in [0.4, 0.5) is 0 Å². The molecule has 0 bridgehead atoms. The van der Waals surface area contributed by atoms with Crippen LogP contribution in [0.5, 0.6) is 0 Å². The third kappa shape index (κ3) is 2.60. The van der Waals surface area contributed by atoms with Gasteiger partial charge in [0.25, 0.3) is 5.56 Å². The van der Waals surface area contributed by atoms with Gasteiger partial charge in [0.05, 0.1) is 5.39 Å². The van der Waals surface area contributed by atoms with Gasteiger partial charge in [-0.15, -0.1) is 11.3 Å². The first-order valence-electron chi connectivity index (χ1n) is 7.11. The summed E-state index contributed by atoms with van der Waals surface area (Å²) in [4.78, 5) is 19.0. The molecule has 0 saturated carbocycles. The van der Waals surface area contributed by atoms with Gasteiger partial charge in [-0.3, -0.25) is 14.3 Å². The molecule has 0 amide bonds. The number of rotatable bonds is 3. The van der Waals surface area contributed by atoms with Crippen molar-refractivity contribution in [1.82, 2.24) is 14.5 Å². The van der Waals surface area contributed by atoms with Gasteiger partial charge in [-0.1, -0.05) is 6.42 Å². The lowest BCUT2D eigenvalue weighted by Crippen LogP contribution is -2.41. The zero-order valence-electron chi connectivity index (χ0n) is 11.6. The molecule has 0 aromatic carbocycles. The first-order valence-corrected chi connectivity index (χ1v) is 8.40. The van der Waals surface area contributed by atoms with Gasteiger partial charge in [0.1, 0.15) is 4.83 Å². The molecular weight excluding hydrogens is 290 g/mol. The maximum Gasteiger partial charge on any atom is 0.263 e. The Balaban J connectivity index is 1.90. The Labute approximate surface area is 127 Å². The summed E-state index contributed by atoms with van der Waals surface area (Å²) in [6.07, 6.45) is 3.84. The first kappa shape index (κ1) is 14.0. The molecule has 108 valence electrons. The molecule has 2 aromatic rings. The van der Waals surface area contributed by atoms with E-state index in [1.54, 1.807) is 4.57 Å². The maximum absolute atomic E-state index is 12.5. The second-order valence-electron chi connectivity index (χ2n) is 5.45. The highest BCUT2D eigenvalue weighted by Crippen LogP contribution is 2.16. The standard InChI is InChI=1S/C14H19N3OS2/c1-10(16-6-3-2-4-7-16)9-17-13(18)11-5-8-20-12(11)15-14(17)19/h5,8,10H,2-4,6-7,9H2,1H3,(H,15,19). The van der Waals surface area contributed by atoms with Crippen molar-refractivity contribution in [1.29, 1.82) is 0 Å². The fraction of sp³-hybridized carbons (Fsp3) is 0.571. The number of hydrogen-bond donors (Lipinski definition) is 1. The van der Waals surface area contributed by atoms with E-state index in [1.165, 1.54) is 30.6 Å². The van der Waals surface area contributed by atoms with Crippen LogP contribution in [0.25, 0.3) is 10.2 Å². The van der Waals surface area contributed by atoms with Crippen LogP contribution in [0.15, 0.2) is 16.2 Å². The minimum Gasteiger partial charge on any atom is -0.323 e. The van der Waals surface area contributed by atoms with E-state index in [-0.39, 0.29) is 5.56 Å². The number of nitrogens with one attached hydrogen (secondary N) is 1. The van der Waals surface area contributed by atoms with Crippen molar-refractivity contribution in [2.45, 2.75) is 38.8 Å². The molecule has 1 atom stereocenters. The number of piperidine rings is 1. The minimum absolute atomic E-state index is 0.0360. The van der Waals surface area contributed by atoms with Crippen LogP contribution >= 0.6 is 23.6 Å². The number of fused-ring (bicyclic) bond motifs is 1. The van der Waals surface area contributed by atoms with Crippen LogP contribution in [-0.2, 0) is 6.54 Å². The Kier molecular flexibility index (Phi) is 4.05. The Morgan fingerprint density at radius 2 is 2.15 bits per heavy atom. The van der Waals surface area contributed by atoms with Crippen LogP contribution in [-0.4, -0.2) is 33.6 Å². The number of H-pyrrole nitrogens is 1. The fourth-order valence-corrected chi connectivity index (χ4v) is 3.98. The van der Waals surface area contributed by atoms with Gasteiger partial charge in [0.15, 0.2) is 4.77 Å². The molecule has 1 N–H and O–H groups in total. The molecular formula is C14H19N3OS2. The Bertz CT molecular complexity index is 709. The van der Waals surface area contributed by atoms with Gasteiger partial charge in [0.2, 0.25) is 0 Å². The lowest BCUT2D eigenvalue weighted by Gasteiger charge is -2.32. The number of nitrogens with zero attached hydrogens (tertiary/aromatic N) is 2. The van der Waals surface area contributed by atoms with Crippen LogP contribution in [0.2, 0.25) is 0 Å². The molecule has 0 aliphatic carbocycles. The Hall–Kier alpha value is -0.980. The summed E-state index contributed by atoms with van der Waals surface area (Å²) in [5.74, 6) is 0. The molecule has 0 radical (unpaired) electrons. The molecule has 3 heterocycles. The van der Waals surface area contributed by atoms with Crippen molar-refractivity contribution in [3.63, 3.8) is 0 Å². The van der Waals surface area contributed by atoms with E-state index in [9.17, 15) is 4.79 Å². The van der Waals surface area contributed by atoms with Gasteiger partial charge in [-0.25, -0.2) is 0 Å². The third-order valence-corrected chi connectivity index (χ3v) is 5.22. The SMILES string of the molecule is CC(Cn1c(=S)[nH]c2sccc2c1=O)N1CCCCC1. The molecule has 20 heavy (non-hydrogen) atoms. The highest BCUT2D eigenvalue weighted by Gasteiger charge is 2.18. The van der Waals surface area contributed by atoms with E-state index >= 15 is 0 Å². The summed E-state index contributed by atoms with van der Waals surface area (Å²) in [5.41, 5.74) is 0.0360. The molecule has 2 aromatic heterocycles. The summed E-state index contributed by atoms with van der Waals surface area (Å²) in [6.45, 7) is 5.12. The maximum atomic E-state index is 12.5. The second kappa shape index (κ2) is 5.79. The average Bonchev–Trinajstić information content (AvgIpc) is 2.92. The molecule has 1 fully saturated rings. The highest BCUT2D eigenvalue weighted by atomic mass is 32.1. The van der Waals surface area contributed by atoms with Gasteiger partial charge in [0, 0.05) is 12.6 Å². The third-order valence-electron chi connectivity index (χ3n) is 4.07. The number of aromatic nitrogens is 2. The summed E-state index contributed by atoms with van der Waals surface area (Å²) in [7, 11) is 0. The molecule has 4 nitrogen and oxygen atoms in total. The summed E-state index contributed by atoms with van der Waals surface area (Å²) >= 11 is 6.87. The first-order chi connectivity index (χ1) is 9.66. The summed E-state index contributed by atoms with van der Waals surface area (Å²) in [5, 5.41) is 2.67. The molecule has 6 heteroatoms. The molecule has 1 unspecified atom stereocenters. The summed E-state index contributed by atoms with van der Waals surface area (Å²) in [6, 6.07) is 2.22. The van der Waals surface area contributed by atoms with Gasteiger partial charge < -0.3 is 4.98 Å². The normalized spacial score (nSPS) is 18.4. The van der Waals surface area contributed by atoms with Gasteiger partial charge >= 0.3 is 0 Å². The van der Waals surface area contributed by atoms with E-state index in [0.717, 1.165) is 23.3 Å². The Morgan fingerprint density at radius 1 is 1.40 bits per heavy atom. The zero-order valence-corrected chi connectivity index (χ0v) is 13.2. The van der Waals surface area contributed by atoms with E-state index in [4.69, 9.17) is 12.2 Å². The second-order valence-corrected chi connectivity index (χ2v) is 6.76. The van der Waals surface area contributed by atoms with Crippen molar-refractivity contribution >= 4 is 33.8 Å². The number of hydrogen-bond acceptors (Lipinski definition) is 4. The topological polar surface area (TPSA) is 41.0 Å². The van der Waals surface area contributed by atoms with Crippen molar-refractivity contribution in [2.75, 3.05) is 13.1 Å². The lowest BCUT2D eigenvalue weighted by molar-refractivity contribution is 0.158.